The van der Waals surface area contributed by atoms with Crippen LogP contribution in [-0.4, -0.2) is 32.4 Å². The molecule has 2 N–H and O–H groups in total. The van der Waals surface area contributed by atoms with Gasteiger partial charge in [-0.15, -0.1) is 0 Å². The summed E-state index contributed by atoms with van der Waals surface area (Å²) in [4.78, 5) is 0.242. The summed E-state index contributed by atoms with van der Waals surface area (Å²) in [7, 11) is -3.61. The molecule has 24 heavy (non-hydrogen) atoms. The lowest BCUT2D eigenvalue weighted by atomic mass is 10.1. The van der Waals surface area contributed by atoms with Crippen LogP contribution < -0.4 is 5.73 Å². The first-order valence-corrected chi connectivity index (χ1v) is 9.37. The fourth-order valence-electron chi connectivity index (χ4n) is 3.25. The highest BCUT2D eigenvalue weighted by molar-refractivity contribution is 7.92. The predicted molar refractivity (Wildman–Crippen MR) is 90.0 cm³/mol. The maximum atomic E-state index is 13.2. The van der Waals surface area contributed by atoms with Gasteiger partial charge in [-0.2, -0.15) is 0 Å². The van der Waals surface area contributed by atoms with Crippen LogP contribution in [0.5, 0.6) is 0 Å². The van der Waals surface area contributed by atoms with Gasteiger partial charge in [0.2, 0.25) is 0 Å². The molecule has 0 amide bonds. The molecule has 6 heteroatoms. The van der Waals surface area contributed by atoms with Crippen LogP contribution in [0.3, 0.4) is 0 Å². The molecule has 2 aromatic carbocycles. The molecule has 0 bridgehead atoms. The van der Waals surface area contributed by atoms with Crippen molar-refractivity contribution < 1.29 is 17.5 Å². The molecule has 0 saturated heterocycles. The van der Waals surface area contributed by atoms with E-state index in [0.29, 0.717) is 12.2 Å². The first-order valence-electron chi connectivity index (χ1n) is 7.82. The van der Waals surface area contributed by atoms with Crippen molar-refractivity contribution >= 4 is 9.84 Å². The number of ether oxygens (including phenoxy) is 1. The van der Waals surface area contributed by atoms with Crippen LogP contribution in [0, 0.1) is 5.82 Å². The van der Waals surface area contributed by atoms with Gasteiger partial charge < -0.3 is 10.5 Å². The van der Waals surface area contributed by atoms with Crippen molar-refractivity contribution in [2.45, 2.75) is 28.5 Å². The number of hydrogen-bond donors (Lipinski definition) is 1. The smallest absolute Gasteiger partial charge is 0.183 e. The van der Waals surface area contributed by atoms with E-state index in [-0.39, 0.29) is 17.3 Å². The SMILES string of the molecule is CCOC[C@]1(N)[C@H](c2ccc(F)cc2)[C@H]1S(=O)(=O)c1ccccc1. The first-order chi connectivity index (χ1) is 11.4. The second kappa shape index (κ2) is 6.27. The molecule has 0 heterocycles. The molecule has 0 aliphatic heterocycles. The summed E-state index contributed by atoms with van der Waals surface area (Å²) in [5, 5.41) is -0.788. The minimum absolute atomic E-state index is 0.141. The van der Waals surface area contributed by atoms with Gasteiger partial charge in [-0.1, -0.05) is 30.3 Å². The van der Waals surface area contributed by atoms with E-state index in [4.69, 9.17) is 10.5 Å². The molecule has 0 unspecified atom stereocenters. The van der Waals surface area contributed by atoms with Gasteiger partial charge in [-0.05, 0) is 36.8 Å². The number of benzene rings is 2. The van der Waals surface area contributed by atoms with Gasteiger partial charge in [0.25, 0.3) is 0 Å². The Kier molecular flexibility index (Phi) is 4.46. The number of rotatable bonds is 6. The molecule has 0 spiro atoms. The summed E-state index contributed by atoms with van der Waals surface area (Å²) in [5.74, 6) is -0.788. The highest BCUT2D eigenvalue weighted by Gasteiger charge is 2.69. The number of nitrogens with two attached hydrogens (primary N) is 1. The summed E-state index contributed by atoms with van der Waals surface area (Å²) in [6.07, 6.45) is 0. The molecule has 0 aromatic heterocycles. The molecule has 3 rings (SSSR count). The summed E-state index contributed by atoms with van der Waals surface area (Å²) in [6, 6.07) is 14.1. The molecule has 1 fully saturated rings. The number of sulfone groups is 1. The van der Waals surface area contributed by atoms with Crippen molar-refractivity contribution in [2.75, 3.05) is 13.2 Å². The van der Waals surface area contributed by atoms with Gasteiger partial charge in [-0.3, -0.25) is 0 Å². The fraction of sp³-hybridized carbons (Fsp3) is 0.333. The van der Waals surface area contributed by atoms with Gasteiger partial charge >= 0.3 is 0 Å². The van der Waals surface area contributed by atoms with Gasteiger partial charge in [-0.25, -0.2) is 12.8 Å². The van der Waals surface area contributed by atoms with Crippen molar-refractivity contribution in [2.24, 2.45) is 5.73 Å². The lowest BCUT2D eigenvalue weighted by molar-refractivity contribution is 0.125. The normalized spacial score (nSPS) is 26.3. The van der Waals surface area contributed by atoms with Crippen LogP contribution in [0.15, 0.2) is 59.5 Å². The molecule has 2 aromatic rings. The molecule has 1 aliphatic carbocycles. The van der Waals surface area contributed by atoms with Crippen molar-refractivity contribution in [1.82, 2.24) is 0 Å². The fourth-order valence-corrected chi connectivity index (χ4v) is 5.57. The Balaban J connectivity index is 1.99. The van der Waals surface area contributed by atoms with E-state index in [0.717, 1.165) is 0 Å². The van der Waals surface area contributed by atoms with Gasteiger partial charge in [0, 0.05) is 12.5 Å². The highest BCUT2D eigenvalue weighted by atomic mass is 32.2. The van der Waals surface area contributed by atoms with Crippen LogP contribution in [-0.2, 0) is 14.6 Å². The van der Waals surface area contributed by atoms with Crippen LogP contribution >= 0.6 is 0 Å². The lowest BCUT2D eigenvalue weighted by Gasteiger charge is -2.12. The average Bonchev–Trinajstić information content (AvgIpc) is 3.21. The average molecular weight is 349 g/mol. The van der Waals surface area contributed by atoms with E-state index in [1.165, 1.54) is 12.1 Å². The number of hydrogen-bond acceptors (Lipinski definition) is 4. The Morgan fingerprint density at radius 3 is 2.33 bits per heavy atom. The monoisotopic (exact) mass is 349 g/mol. The molecule has 128 valence electrons. The standard InChI is InChI=1S/C18H20FNO3S/c1-2-23-12-18(20)16(13-8-10-14(19)11-9-13)17(18)24(21,22)15-6-4-3-5-7-15/h3-11,16-17H,2,12,20H2,1H3/t16-,17-,18+/m1/s1. The van der Waals surface area contributed by atoms with Gasteiger partial charge in [0.15, 0.2) is 9.84 Å². The van der Waals surface area contributed by atoms with E-state index in [1.54, 1.807) is 42.5 Å². The van der Waals surface area contributed by atoms with Crippen molar-refractivity contribution in [1.29, 1.82) is 0 Å². The molecule has 3 atom stereocenters. The second-order valence-corrected chi connectivity index (χ2v) is 8.13. The minimum Gasteiger partial charge on any atom is -0.380 e. The zero-order chi connectivity index (χ0) is 17.4. The zero-order valence-electron chi connectivity index (χ0n) is 13.4. The molecule has 4 nitrogen and oxygen atoms in total. The maximum Gasteiger partial charge on any atom is 0.183 e. The summed E-state index contributed by atoms with van der Waals surface area (Å²) >= 11 is 0. The summed E-state index contributed by atoms with van der Waals surface area (Å²) in [5.41, 5.74) is 6.12. The van der Waals surface area contributed by atoms with E-state index in [1.807, 2.05) is 6.92 Å². The molecule has 1 aliphatic rings. The van der Waals surface area contributed by atoms with Crippen molar-refractivity contribution in [3.05, 3.63) is 66.0 Å². The third kappa shape index (κ3) is 2.85. The number of halogens is 1. The van der Waals surface area contributed by atoms with E-state index < -0.39 is 26.5 Å². The molecule has 0 radical (unpaired) electrons. The lowest BCUT2D eigenvalue weighted by Crippen LogP contribution is -2.36. The Hall–Kier alpha value is -1.76. The maximum absolute atomic E-state index is 13.2. The van der Waals surface area contributed by atoms with Crippen LogP contribution in [0.25, 0.3) is 0 Å². The zero-order valence-corrected chi connectivity index (χ0v) is 14.2. The Bertz CT molecular complexity index is 808. The second-order valence-electron chi connectivity index (χ2n) is 6.06. The molecular weight excluding hydrogens is 329 g/mol. The largest absolute Gasteiger partial charge is 0.380 e. The van der Waals surface area contributed by atoms with Crippen molar-refractivity contribution in [3.8, 4) is 0 Å². The Morgan fingerprint density at radius 1 is 1.12 bits per heavy atom. The van der Waals surface area contributed by atoms with E-state index >= 15 is 0 Å². The molecular formula is C18H20FNO3S. The van der Waals surface area contributed by atoms with Crippen LogP contribution in [0.4, 0.5) is 4.39 Å². The van der Waals surface area contributed by atoms with Gasteiger partial charge in [0.1, 0.15) is 5.82 Å². The third-order valence-corrected chi connectivity index (χ3v) is 6.80. The first kappa shape index (κ1) is 17.1. The summed E-state index contributed by atoms with van der Waals surface area (Å²) in [6.45, 7) is 2.43. The Labute approximate surface area is 141 Å². The van der Waals surface area contributed by atoms with Gasteiger partial charge in [0.05, 0.1) is 22.3 Å². The minimum atomic E-state index is -3.61. The van der Waals surface area contributed by atoms with E-state index in [9.17, 15) is 12.8 Å². The predicted octanol–water partition coefficient (Wildman–Crippen LogP) is 2.50. The van der Waals surface area contributed by atoms with Crippen LogP contribution in [0.1, 0.15) is 18.4 Å². The van der Waals surface area contributed by atoms with Crippen LogP contribution in [0.2, 0.25) is 0 Å². The highest BCUT2D eigenvalue weighted by Crippen LogP contribution is 2.55. The van der Waals surface area contributed by atoms with E-state index in [2.05, 4.69) is 0 Å². The topological polar surface area (TPSA) is 69.4 Å². The summed E-state index contributed by atoms with van der Waals surface area (Å²) < 4.78 is 44.6. The third-order valence-electron chi connectivity index (χ3n) is 4.49. The quantitative estimate of drug-likeness (QED) is 0.870. The van der Waals surface area contributed by atoms with Crippen molar-refractivity contribution in [3.63, 3.8) is 0 Å². The molecule has 1 saturated carbocycles. The Morgan fingerprint density at radius 2 is 1.75 bits per heavy atom.